The Hall–Kier alpha value is -0.530. The van der Waals surface area contributed by atoms with E-state index in [0.717, 1.165) is 17.4 Å². The second kappa shape index (κ2) is 4.48. The van der Waals surface area contributed by atoms with Crippen LogP contribution < -0.4 is 0 Å². The van der Waals surface area contributed by atoms with Gasteiger partial charge in [-0.15, -0.1) is 11.3 Å². The van der Waals surface area contributed by atoms with E-state index in [9.17, 15) is 0 Å². The van der Waals surface area contributed by atoms with E-state index < -0.39 is 0 Å². The molecule has 0 aliphatic carbocycles. The third-order valence-corrected chi connectivity index (χ3v) is 3.24. The molecule has 1 heterocycles. The molecule has 0 spiro atoms. The minimum atomic E-state index is 0.795. The van der Waals surface area contributed by atoms with Gasteiger partial charge in [-0.3, -0.25) is 0 Å². The van der Waals surface area contributed by atoms with Gasteiger partial charge < -0.3 is 4.90 Å². The molecule has 0 aliphatic heterocycles. The molecule has 0 bridgehead atoms. The molecule has 0 saturated carbocycles. The smallest absolute Gasteiger partial charge is 0.179 e. The highest BCUT2D eigenvalue weighted by Crippen LogP contribution is 2.19. The van der Waals surface area contributed by atoms with Crippen LogP contribution in [0, 0.1) is 11.5 Å². The molecule has 0 radical (unpaired) electrons. The van der Waals surface area contributed by atoms with E-state index in [4.69, 9.17) is 5.26 Å². The molecular formula is C8H9BrN2S. The minimum absolute atomic E-state index is 0.795. The number of thiophene rings is 1. The monoisotopic (exact) mass is 244 g/mol. The highest BCUT2D eigenvalue weighted by Gasteiger charge is 1.99. The zero-order valence-corrected chi connectivity index (χ0v) is 9.15. The number of rotatable bonds is 3. The van der Waals surface area contributed by atoms with Crippen molar-refractivity contribution < 1.29 is 0 Å². The molecule has 0 aliphatic rings. The van der Waals surface area contributed by atoms with Crippen LogP contribution in [0.5, 0.6) is 0 Å². The first-order valence-electron chi connectivity index (χ1n) is 3.56. The van der Waals surface area contributed by atoms with E-state index >= 15 is 0 Å². The molecule has 64 valence electrons. The fourth-order valence-electron chi connectivity index (χ4n) is 0.813. The summed E-state index contributed by atoms with van der Waals surface area (Å²) >= 11 is 5.11. The van der Waals surface area contributed by atoms with Gasteiger partial charge in [-0.25, -0.2) is 0 Å². The lowest BCUT2D eigenvalue weighted by atomic mass is 10.3. The molecular weight excluding hydrogens is 236 g/mol. The Bertz CT molecular complexity index is 289. The Morgan fingerprint density at radius 1 is 1.75 bits per heavy atom. The molecule has 0 amide bonds. The summed E-state index contributed by atoms with van der Waals surface area (Å²) in [6, 6.07) is 2.09. The Morgan fingerprint density at radius 3 is 3.00 bits per heavy atom. The molecule has 2 nitrogen and oxygen atoms in total. The van der Waals surface area contributed by atoms with Crippen LogP contribution in [0.4, 0.5) is 0 Å². The predicted octanol–water partition coefficient (Wildman–Crippen LogP) is 2.47. The fourth-order valence-corrected chi connectivity index (χ4v) is 2.26. The summed E-state index contributed by atoms with van der Waals surface area (Å²) in [5.41, 5.74) is 0. The molecule has 0 unspecified atom stereocenters. The van der Waals surface area contributed by atoms with Crippen LogP contribution in [-0.4, -0.2) is 18.5 Å². The summed E-state index contributed by atoms with van der Waals surface area (Å²) in [5, 5.41) is 10.5. The molecule has 0 aromatic carbocycles. The molecule has 0 saturated heterocycles. The van der Waals surface area contributed by atoms with Gasteiger partial charge in [0.25, 0.3) is 0 Å². The molecule has 0 fully saturated rings. The first kappa shape index (κ1) is 9.56. The highest BCUT2D eigenvalue weighted by atomic mass is 79.9. The largest absolute Gasteiger partial charge is 0.313 e. The molecule has 1 rings (SSSR count). The van der Waals surface area contributed by atoms with Crippen molar-refractivity contribution in [2.45, 2.75) is 6.42 Å². The fraction of sp³-hybridized carbons (Fsp3) is 0.375. The molecule has 1 aromatic heterocycles. The Labute approximate surface area is 84.6 Å². The van der Waals surface area contributed by atoms with E-state index in [1.165, 1.54) is 4.88 Å². The van der Waals surface area contributed by atoms with Crippen LogP contribution in [0.2, 0.25) is 0 Å². The van der Waals surface area contributed by atoms with Crippen LogP contribution >= 0.6 is 27.3 Å². The predicted molar refractivity (Wildman–Crippen MR) is 54.0 cm³/mol. The Morgan fingerprint density at radius 2 is 2.50 bits per heavy atom. The maximum absolute atomic E-state index is 8.49. The van der Waals surface area contributed by atoms with Crippen molar-refractivity contribution >= 4 is 27.3 Å². The van der Waals surface area contributed by atoms with E-state index in [0.29, 0.717) is 0 Å². The van der Waals surface area contributed by atoms with Gasteiger partial charge in [-0.2, -0.15) is 5.26 Å². The van der Waals surface area contributed by atoms with Crippen LogP contribution in [0.15, 0.2) is 15.9 Å². The van der Waals surface area contributed by atoms with Crippen molar-refractivity contribution in [2.75, 3.05) is 13.6 Å². The van der Waals surface area contributed by atoms with Crippen molar-refractivity contribution in [3.63, 3.8) is 0 Å². The topological polar surface area (TPSA) is 27.0 Å². The van der Waals surface area contributed by atoms with Gasteiger partial charge in [0.05, 0.1) is 0 Å². The maximum Gasteiger partial charge on any atom is 0.179 e. The van der Waals surface area contributed by atoms with Gasteiger partial charge in [0.2, 0.25) is 0 Å². The lowest BCUT2D eigenvalue weighted by molar-refractivity contribution is 0.480. The molecule has 0 atom stereocenters. The number of hydrogen-bond donors (Lipinski definition) is 0. The summed E-state index contributed by atoms with van der Waals surface area (Å²) in [5.74, 6) is 0. The first-order valence-corrected chi connectivity index (χ1v) is 5.23. The standard InChI is InChI=1S/C8H9BrN2S/c1-11(6-10)3-2-8-4-7(9)5-12-8/h4-5H,2-3H2,1H3. The lowest BCUT2D eigenvalue weighted by Gasteiger charge is -2.05. The summed E-state index contributed by atoms with van der Waals surface area (Å²) in [7, 11) is 1.79. The average molecular weight is 245 g/mol. The molecule has 4 heteroatoms. The molecule has 1 aromatic rings. The quantitative estimate of drug-likeness (QED) is 0.604. The van der Waals surface area contributed by atoms with Crippen molar-refractivity contribution in [3.05, 3.63) is 20.8 Å². The van der Waals surface area contributed by atoms with Gasteiger partial charge in [-0.1, -0.05) is 0 Å². The van der Waals surface area contributed by atoms with Crippen LogP contribution in [-0.2, 0) is 6.42 Å². The summed E-state index contributed by atoms with van der Waals surface area (Å²) in [4.78, 5) is 2.94. The second-order valence-corrected chi connectivity index (χ2v) is 4.41. The number of nitrogens with zero attached hydrogens (tertiary/aromatic N) is 2. The summed E-state index contributed by atoms with van der Waals surface area (Å²) < 4.78 is 1.13. The highest BCUT2D eigenvalue weighted by molar-refractivity contribution is 9.10. The molecule has 12 heavy (non-hydrogen) atoms. The Balaban J connectivity index is 2.39. The van der Waals surface area contributed by atoms with E-state index in [-0.39, 0.29) is 0 Å². The zero-order valence-electron chi connectivity index (χ0n) is 6.75. The molecule has 0 N–H and O–H groups in total. The van der Waals surface area contributed by atoms with Gasteiger partial charge in [0.15, 0.2) is 6.19 Å². The number of nitriles is 1. The average Bonchev–Trinajstić information content (AvgIpc) is 2.47. The van der Waals surface area contributed by atoms with Crippen molar-refractivity contribution in [3.8, 4) is 6.19 Å². The third-order valence-electron chi connectivity index (χ3n) is 1.49. The lowest BCUT2D eigenvalue weighted by Crippen LogP contribution is -2.13. The van der Waals surface area contributed by atoms with Gasteiger partial charge in [0, 0.05) is 34.7 Å². The third kappa shape index (κ3) is 2.84. The van der Waals surface area contributed by atoms with E-state index in [1.54, 1.807) is 23.3 Å². The van der Waals surface area contributed by atoms with Gasteiger partial charge in [0.1, 0.15) is 0 Å². The first-order chi connectivity index (χ1) is 5.72. The number of hydrogen-bond acceptors (Lipinski definition) is 3. The normalized spacial score (nSPS) is 9.42. The Kier molecular flexibility index (Phi) is 3.57. The van der Waals surface area contributed by atoms with Crippen molar-refractivity contribution in [1.82, 2.24) is 4.90 Å². The summed E-state index contributed by atoms with van der Waals surface area (Å²) in [6.45, 7) is 0.795. The minimum Gasteiger partial charge on any atom is -0.313 e. The second-order valence-electron chi connectivity index (χ2n) is 2.50. The SMILES string of the molecule is CN(C#N)CCc1cc(Br)cs1. The van der Waals surface area contributed by atoms with Gasteiger partial charge in [-0.05, 0) is 22.0 Å². The number of halogens is 1. The zero-order chi connectivity index (χ0) is 8.97. The van der Waals surface area contributed by atoms with Gasteiger partial charge >= 0.3 is 0 Å². The summed E-state index contributed by atoms with van der Waals surface area (Å²) in [6.07, 6.45) is 3.01. The van der Waals surface area contributed by atoms with Crippen LogP contribution in [0.25, 0.3) is 0 Å². The van der Waals surface area contributed by atoms with Crippen molar-refractivity contribution in [1.29, 1.82) is 5.26 Å². The number of likely N-dealkylation sites (N-methyl/N-ethyl adjacent to an activating group) is 1. The van der Waals surface area contributed by atoms with Crippen LogP contribution in [0.3, 0.4) is 0 Å². The van der Waals surface area contributed by atoms with Crippen LogP contribution in [0.1, 0.15) is 4.88 Å². The van der Waals surface area contributed by atoms with E-state index in [2.05, 4.69) is 33.6 Å². The maximum atomic E-state index is 8.49. The van der Waals surface area contributed by atoms with Crippen molar-refractivity contribution in [2.24, 2.45) is 0 Å². The van der Waals surface area contributed by atoms with E-state index in [1.807, 2.05) is 0 Å².